The molecule has 1 atom stereocenters. The minimum absolute atomic E-state index is 0.832. The Labute approximate surface area is 101 Å². The van der Waals surface area contributed by atoms with Gasteiger partial charge in [-0.25, -0.2) is 8.78 Å². The maximum absolute atomic E-state index is 13.2. The van der Waals surface area contributed by atoms with E-state index in [1.807, 2.05) is 0 Å². The van der Waals surface area contributed by atoms with Crippen LogP contribution in [0.3, 0.4) is 0 Å². The van der Waals surface area contributed by atoms with Crippen molar-refractivity contribution in [3.63, 3.8) is 0 Å². The van der Waals surface area contributed by atoms with Crippen molar-refractivity contribution in [1.82, 2.24) is 0 Å². The zero-order valence-corrected chi connectivity index (χ0v) is 9.63. The summed E-state index contributed by atoms with van der Waals surface area (Å²) in [5.74, 6) is -6.62. The third kappa shape index (κ3) is 2.63. The van der Waals surface area contributed by atoms with Crippen LogP contribution in [0.4, 0.5) is 35.1 Å². The molecule has 0 saturated heterocycles. The highest BCUT2D eigenvalue weighted by molar-refractivity contribution is 7.87. The molecule has 0 spiro atoms. The van der Waals surface area contributed by atoms with Gasteiger partial charge in [0, 0.05) is 0 Å². The van der Waals surface area contributed by atoms with Gasteiger partial charge in [0.2, 0.25) is 0 Å². The van der Waals surface area contributed by atoms with E-state index in [4.69, 9.17) is 4.55 Å². The van der Waals surface area contributed by atoms with Gasteiger partial charge in [-0.05, 0) is 6.92 Å². The molecule has 0 amide bonds. The van der Waals surface area contributed by atoms with Crippen molar-refractivity contribution in [2.45, 2.75) is 29.9 Å². The molecule has 0 aliphatic heterocycles. The van der Waals surface area contributed by atoms with Crippen LogP contribution >= 0.6 is 0 Å². The average molecular weight is 326 g/mol. The first-order valence-electron chi connectivity index (χ1n) is 4.05. The molecule has 0 aliphatic rings. The molecule has 19 heavy (non-hydrogen) atoms. The SMILES string of the molecule is CC(F)(C(F)(F)OCF)C(F)(F)C(F)(F)S(=O)(=O)O. The highest BCUT2D eigenvalue weighted by Gasteiger charge is 2.81. The van der Waals surface area contributed by atoms with Crippen molar-refractivity contribution in [3.05, 3.63) is 0 Å². The number of halogens is 8. The fourth-order valence-electron chi connectivity index (χ4n) is 0.822. The zero-order chi connectivity index (χ0) is 15.9. The van der Waals surface area contributed by atoms with Gasteiger partial charge < -0.3 is 0 Å². The predicted octanol–water partition coefficient (Wildman–Crippen LogP) is 2.37. The normalized spacial score (nSPS) is 18.2. The van der Waals surface area contributed by atoms with E-state index in [9.17, 15) is 43.5 Å². The number of hydrogen-bond donors (Lipinski definition) is 1. The predicted molar refractivity (Wildman–Crippen MR) is 43.0 cm³/mol. The second kappa shape index (κ2) is 4.70. The van der Waals surface area contributed by atoms with Gasteiger partial charge in [0.05, 0.1) is 0 Å². The van der Waals surface area contributed by atoms with Crippen molar-refractivity contribution < 1.29 is 52.8 Å². The quantitative estimate of drug-likeness (QED) is 0.601. The van der Waals surface area contributed by atoms with Crippen LogP contribution in [0.25, 0.3) is 0 Å². The van der Waals surface area contributed by atoms with Gasteiger partial charge in [0.15, 0.2) is 6.86 Å². The third-order valence-corrected chi connectivity index (χ3v) is 2.97. The molecule has 0 radical (unpaired) electrons. The van der Waals surface area contributed by atoms with E-state index in [1.165, 1.54) is 0 Å². The fourth-order valence-corrected chi connectivity index (χ4v) is 1.34. The van der Waals surface area contributed by atoms with Crippen LogP contribution in [0.5, 0.6) is 0 Å². The highest BCUT2D eigenvalue weighted by Crippen LogP contribution is 2.53. The summed E-state index contributed by atoms with van der Waals surface area (Å²) in [4.78, 5) is 0. The molecule has 0 heterocycles. The lowest BCUT2D eigenvalue weighted by Crippen LogP contribution is -2.65. The van der Waals surface area contributed by atoms with E-state index in [2.05, 4.69) is 4.74 Å². The second-order valence-electron chi connectivity index (χ2n) is 3.34. The Morgan fingerprint density at radius 2 is 1.42 bits per heavy atom. The standard InChI is InChI=1S/C6H6F8O4S/c1-3(8,5(11,12)18-2-7)4(9,10)6(13,14)19(15,16)17/h2H2,1H3,(H,15,16,17). The number of rotatable bonds is 6. The summed E-state index contributed by atoms with van der Waals surface area (Å²) in [5.41, 5.74) is -5.63. The first kappa shape index (κ1) is 18.3. The van der Waals surface area contributed by atoms with E-state index < -0.39 is 46.9 Å². The number of ether oxygens (including phenoxy) is 1. The topological polar surface area (TPSA) is 63.6 Å². The Morgan fingerprint density at radius 1 is 1.05 bits per heavy atom. The van der Waals surface area contributed by atoms with E-state index in [1.54, 1.807) is 0 Å². The minimum atomic E-state index is -6.92. The van der Waals surface area contributed by atoms with E-state index in [0.717, 1.165) is 0 Å². The van der Waals surface area contributed by atoms with Crippen molar-refractivity contribution in [2.75, 3.05) is 6.86 Å². The van der Waals surface area contributed by atoms with Crippen molar-refractivity contribution >= 4 is 10.1 Å². The molecule has 0 rings (SSSR count). The lowest BCUT2D eigenvalue weighted by atomic mass is 9.98. The molecule has 0 aromatic heterocycles. The first-order valence-corrected chi connectivity index (χ1v) is 5.49. The van der Waals surface area contributed by atoms with Crippen LogP contribution in [0.1, 0.15) is 6.92 Å². The van der Waals surface area contributed by atoms with Gasteiger partial charge in [-0.1, -0.05) is 0 Å². The lowest BCUT2D eigenvalue weighted by molar-refractivity contribution is -0.378. The van der Waals surface area contributed by atoms with Crippen molar-refractivity contribution in [1.29, 1.82) is 0 Å². The van der Waals surface area contributed by atoms with Gasteiger partial charge in [-0.15, -0.1) is 0 Å². The summed E-state index contributed by atoms with van der Waals surface area (Å²) in [7, 11) is -6.92. The summed E-state index contributed by atoms with van der Waals surface area (Å²) in [6.07, 6.45) is -5.79. The third-order valence-electron chi connectivity index (χ3n) is 2.06. The summed E-state index contributed by atoms with van der Waals surface area (Å²) in [6.45, 7) is -3.35. The Hall–Kier alpha value is -0.690. The molecule has 1 unspecified atom stereocenters. The zero-order valence-electron chi connectivity index (χ0n) is 8.81. The van der Waals surface area contributed by atoms with Gasteiger partial charge in [-0.2, -0.15) is 34.8 Å². The van der Waals surface area contributed by atoms with E-state index >= 15 is 0 Å². The molecule has 13 heteroatoms. The second-order valence-corrected chi connectivity index (χ2v) is 4.80. The smallest absolute Gasteiger partial charge is 0.286 e. The van der Waals surface area contributed by atoms with Crippen LogP contribution in [0.2, 0.25) is 0 Å². The molecular weight excluding hydrogens is 320 g/mol. The molecule has 0 fully saturated rings. The van der Waals surface area contributed by atoms with Crippen molar-refractivity contribution in [2.24, 2.45) is 0 Å². The van der Waals surface area contributed by atoms with Crippen LogP contribution in [0, 0.1) is 0 Å². The van der Waals surface area contributed by atoms with Crippen LogP contribution in [0.15, 0.2) is 0 Å². The Balaban J connectivity index is 5.91. The lowest BCUT2D eigenvalue weighted by Gasteiger charge is -2.37. The van der Waals surface area contributed by atoms with Gasteiger partial charge in [0.1, 0.15) is 0 Å². The van der Waals surface area contributed by atoms with Crippen LogP contribution in [-0.4, -0.2) is 42.8 Å². The Morgan fingerprint density at radius 3 is 1.68 bits per heavy atom. The summed E-state index contributed by atoms with van der Waals surface area (Å²) < 4.78 is 132. The molecule has 4 nitrogen and oxygen atoms in total. The number of alkyl halides is 8. The molecular formula is C6H6F8O4S. The monoisotopic (exact) mass is 326 g/mol. The van der Waals surface area contributed by atoms with Crippen LogP contribution in [-0.2, 0) is 14.9 Å². The molecule has 0 aromatic rings. The summed E-state index contributed by atoms with van der Waals surface area (Å²) >= 11 is 0. The highest BCUT2D eigenvalue weighted by atomic mass is 32.2. The van der Waals surface area contributed by atoms with E-state index in [0.29, 0.717) is 0 Å². The minimum Gasteiger partial charge on any atom is -0.286 e. The molecule has 0 aliphatic carbocycles. The maximum Gasteiger partial charge on any atom is 0.435 e. The molecule has 0 bridgehead atoms. The molecule has 116 valence electrons. The average Bonchev–Trinajstić information content (AvgIpc) is 2.14. The van der Waals surface area contributed by atoms with Gasteiger partial charge in [-0.3, -0.25) is 9.29 Å². The summed E-state index contributed by atoms with van der Waals surface area (Å²) in [5, 5.41) is -6.59. The molecule has 0 saturated carbocycles. The molecule has 0 aromatic carbocycles. The van der Waals surface area contributed by atoms with Gasteiger partial charge >= 0.3 is 27.4 Å². The Bertz CT molecular complexity index is 431. The first-order chi connectivity index (χ1) is 8.06. The Kier molecular flexibility index (Phi) is 4.53. The largest absolute Gasteiger partial charge is 0.435 e. The van der Waals surface area contributed by atoms with E-state index in [-0.39, 0.29) is 0 Å². The fraction of sp³-hybridized carbons (Fsp3) is 1.00. The van der Waals surface area contributed by atoms with Crippen LogP contribution < -0.4 is 0 Å². The molecule has 1 N–H and O–H groups in total. The summed E-state index contributed by atoms with van der Waals surface area (Å²) in [6, 6.07) is 0. The van der Waals surface area contributed by atoms with Crippen molar-refractivity contribution in [3.8, 4) is 0 Å². The van der Waals surface area contributed by atoms with Gasteiger partial charge in [0.25, 0.3) is 5.67 Å². The maximum atomic E-state index is 13.2. The number of hydrogen-bond acceptors (Lipinski definition) is 3.